The van der Waals surface area contributed by atoms with Crippen LogP contribution in [0.4, 0.5) is 0 Å². The number of hydrogen-bond acceptors (Lipinski definition) is 4. The van der Waals surface area contributed by atoms with E-state index in [0.717, 1.165) is 56.7 Å². The molecule has 0 aliphatic carbocycles. The van der Waals surface area contributed by atoms with Crippen LogP contribution in [-0.2, 0) is 30.7 Å². The van der Waals surface area contributed by atoms with E-state index in [1.807, 2.05) is 30.3 Å². The lowest BCUT2D eigenvalue weighted by atomic mass is 10.1. The van der Waals surface area contributed by atoms with Crippen LogP contribution < -0.4 is 5.32 Å². The number of amides is 1. The Labute approximate surface area is 242 Å². The molecule has 1 aromatic heterocycles. The first-order valence-corrected chi connectivity index (χ1v) is 15.5. The van der Waals surface area contributed by atoms with Crippen molar-refractivity contribution in [2.75, 3.05) is 45.8 Å². The number of piperazine rings is 1. The minimum atomic E-state index is 0.0765. The summed E-state index contributed by atoms with van der Waals surface area (Å²) in [4.78, 5) is 20.7. The molecule has 1 amide bonds. The second-order valence-corrected chi connectivity index (χ2v) is 11.9. The van der Waals surface area contributed by atoms with Crippen LogP contribution in [0.3, 0.4) is 0 Å². The third kappa shape index (κ3) is 8.18. The number of carbonyl (C=O) groups is 1. The topological polar surface area (TPSA) is 43.8 Å². The molecule has 2 aromatic carbocycles. The maximum Gasteiger partial charge on any atom is 0.224 e. The zero-order valence-corrected chi connectivity index (χ0v) is 25.5. The Morgan fingerprint density at radius 1 is 0.850 bits per heavy atom. The number of para-hydroxylation sites is 1. The fourth-order valence-electron chi connectivity index (χ4n) is 6.22. The minimum absolute atomic E-state index is 0.0765. The molecule has 3 aromatic rings. The molecular weight excluding hydrogens is 494 g/mol. The number of rotatable bonds is 14. The van der Waals surface area contributed by atoms with Gasteiger partial charge in [-0.3, -0.25) is 14.6 Å². The molecule has 0 spiro atoms. The van der Waals surface area contributed by atoms with Crippen molar-refractivity contribution in [2.45, 2.75) is 79.1 Å². The molecule has 1 N–H and O–H groups in total. The fourth-order valence-corrected chi connectivity index (χ4v) is 6.22. The van der Waals surface area contributed by atoms with Crippen molar-refractivity contribution in [3.63, 3.8) is 0 Å². The Bertz CT molecular complexity index is 1190. The van der Waals surface area contributed by atoms with E-state index < -0.39 is 0 Å². The molecule has 0 saturated carbocycles. The molecule has 0 bridgehead atoms. The van der Waals surface area contributed by atoms with Crippen LogP contribution in [0.15, 0.2) is 54.7 Å². The van der Waals surface area contributed by atoms with E-state index in [1.165, 1.54) is 36.1 Å². The number of nitrogens with one attached hydrogen (secondary N) is 1. The summed E-state index contributed by atoms with van der Waals surface area (Å²) in [6.45, 7) is 21.1. The van der Waals surface area contributed by atoms with Gasteiger partial charge in [-0.1, -0.05) is 55.5 Å². The van der Waals surface area contributed by atoms with Gasteiger partial charge in [-0.15, -0.1) is 0 Å². The third-order valence-electron chi connectivity index (χ3n) is 8.47. The van der Waals surface area contributed by atoms with Gasteiger partial charge < -0.3 is 14.8 Å². The number of aryl methyl sites for hydroxylation is 2. The fraction of sp³-hybridized carbons (Fsp3) is 0.559. The molecule has 0 unspecified atom stereocenters. The first-order valence-electron chi connectivity index (χ1n) is 15.5. The summed E-state index contributed by atoms with van der Waals surface area (Å²) in [5.74, 6) is 0.0765. The number of nitrogens with zero attached hydrogens (tertiary/aromatic N) is 4. The summed E-state index contributed by atoms with van der Waals surface area (Å²) in [6, 6.07) is 17.9. The highest BCUT2D eigenvalue weighted by atomic mass is 16.1. The van der Waals surface area contributed by atoms with Gasteiger partial charge in [0.25, 0.3) is 0 Å². The standard InChI is InChI=1S/C34H51N5O/c1-6-30-14-10-15-32-31(24-33(40)35-25-29-12-8-7-9-13-29)26-38(34(30)32)17-11-16-36-18-20-37(21-19-36)22-23-39(27(2)3)28(4)5/h7-10,12-15,26-28H,6,11,16-25H2,1-5H3,(H,35,40). The number of aromatic nitrogens is 1. The van der Waals surface area contributed by atoms with Crippen molar-refractivity contribution >= 4 is 16.8 Å². The largest absolute Gasteiger partial charge is 0.352 e. The third-order valence-corrected chi connectivity index (χ3v) is 8.47. The predicted molar refractivity (Wildman–Crippen MR) is 168 cm³/mol. The van der Waals surface area contributed by atoms with Crippen LogP contribution in [0.2, 0.25) is 0 Å². The Morgan fingerprint density at radius 2 is 1.52 bits per heavy atom. The van der Waals surface area contributed by atoms with Crippen molar-refractivity contribution < 1.29 is 4.79 Å². The van der Waals surface area contributed by atoms with Crippen LogP contribution in [0.1, 0.15) is 57.7 Å². The molecule has 1 aliphatic heterocycles. The van der Waals surface area contributed by atoms with Gasteiger partial charge in [0.15, 0.2) is 0 Å². The van der Waals surface area contributed by atoms with Crippen LogP contribution in [0.25, 0.3) is 10.9 Å². The quantitative estimate of drug-likeness (QED) is 0.303. The second kappa shape index (κ2) is 14.8. The highest BCUT2D eigenvalue weighted by Gasteiger charge is 2.20. The number of benzene rings is 2. The second-order valence-electron chi connectivity index (χ2n) is 11.9. The number of carbonyl (C=O) groups excluding carboxylic acids is 1. The van der Waals surface area contributed by atoms with E-state index in [-0.39, 0.29) is 5.91 Å². The van der Waals surface area contributed by atoms with Gasteiger partial charge in [0, 0.05) is 76.0 Å². The number of hydrogen-bond donors (Lipinski definition) is 1. The summed E-state index contributed by atoms with van der Waals surface area (Å²) in [7, 11) is 0. The Morgan fingerprint density at radius 3 is 2.17 bits per heavy atom. The van der Waals surface area contributed by atoms with Gasteiger partial charge in [0.05, 0.1) is 11.9 Å². The van der Waals surface area contributed by atoms with Crippen molar-refractivity contribution in [3.05, 3.63) is 71.4 Å². The summed E-state index contributed by atoms with van der Waals surface area (Å²) in [5.41, 5.74) is 4.92. The lowest BCUT2D eigenvalue weighted by Crippen LogP contribution is -2.50. The highest BCUT2D eigenvalue weighted by Crippen LogP contribution is 2.26. The summed E-state index contributed by atoms with van der Waals surface area (Å²) in [6.07, 6.45) is 4.76. The Hall–Kier alpha value is -2.67. The smallest absolute Gasteiger partial charge is 0.224 e. The average molecular weight is 546 g/mol. The molecule has 1 fully saturated rings. The zero-order valence-electron chi connectivity index (χ0n) is 25.5. The lowest BCUT2D eigenvalue weighted by molar-refractivity contribution is -0.120. The van der Waals surface area contributed by atoms with E-state index in [1.54, 1.807) is 0 Å². The summed E-state index contributed by atoms with van der Waals surface area (Å²) < 4.78 is 2.41. The van der Waals surface area contributed by atoms with Gasteiger partial charge in [-0.2, -0.15) is 0 Å². The average Bonchev–Trinajstić information content (AvgIpc) is 3.30. The van der Waals surface area contributed by atoms with Crippen molar-refractivity contribution in [3.8, 4) is 0 Å². The molecule has 0 atom stereocenters. The monoisotopic (exact) mass is 545 g/mol. The van der Waals surface area contributed by atoms with Gasteiger partial charge in [-0.05, 0) is 63.8 Å². The number of fused-ring (bicyclic) bond motifs is 1. The van der Waals surface area contributed by atoms with Gasteiger partial charge >= 0.3 is 0 Å². The molecule has 1 aliphatic rings. The molecule has 1 saturated heterocycles. The Kier molecular flexibility index (Phi) is 11.2. The summed E-state index contributed by atoms with van der Waals surface area (Å²) >= 11 is 0. The molecule has 6 nitrogen and oxygen atoms in total. The first-order chi connectivity index (χ1) is 19.4. The van der Waals surface area contributed by atoms with Crippen LogP contribution in [-0.4, -0.2) is 83.1 Å². The predicted octanol–water partition coefficient (Wildman–Crippen LogP) is 5.19. The van der Waals surface area contributed by atoms with E-state index in [4.69, 9.17) is 0 Å². The Balaban J connectivity index is 1.30. The van der Waals surface area contributed by atoms with E-state index in [9.17, 15) is 4.79 Å². The SMILES string of the molecule is CCc1cccc2c(CC(=O)NCc3ccccc3)cn(CCCN3CCN(CCN(C(C)C)C(C)C)CC3)c12. The van der Waals surface area contributed by atoms with E-state index >= 15 is 0 Å². The van der Waals surface area contributed by atoms with Crippen molar-refractivity contribution in [2.24, 2.45) is 0 Å². The van der Waals surface area contributed by atoms with E-state index in [2.05, 4.69) is 83.6 Å². The molecule has 218 valence electrons. The van der Waals surface area contributed by atoms with Crippen LogP contribution in [0.5, 0.6) is 0 Å². The molecule has 6 heteroatoms. The maximum absolute atomic E-state index is 12.9. The molecule has 2 heterocycles. The zero-order chi connectivity index (χ0) is 28.5. The van der Waals surface area contributed by atoms with Crippen molar-refractivity contribution in [1.29, 1.82) is 0 Å². The molecule has 4 rings (SSSR count). The van der Waals surface area contributed by atoms with Gasteiger partial charge in [-0.25, -0.2) is 0 Å². The maximum atomic E-state index is 12.9. The van der Waals surface area contributed by atoms with Crippen LogP contribution >= 0.6 is 0 Å². The van der Waals surface area contributed by atoms with Crippen LogP contribution in [0, 0.1) is 0 Å². The molecule has 40 heavy (non-hydrogen) atoms. The first kappa shape index (κ1) is 30.3. The van der Waals surface area contributed by atoms with Gasteiger partial charge in [0.2, 0.25) is 5.91 Å². The molecule has 0 radical (unpaired) electrons. The normalized spacial score (nSPS) is 15.1. The molecular formula is C34H51N5O. The highest BCUT2D eigenvalue weighted by molar-refractivity contribution is 5.91. The van der Waals surface area contributed by atoms with E-state index in [0.29, 0.717) is 25.0 Å². The van der Waals surface area contributed by atoms with Gasteiger partial charge in [0.1, 0.15) is 0 Å². The lowest BCUT2D eigenvalue weighted by Gasteiger charge is -2.37. The summed E-state index contributed by atoms with van der Waals surface area (Å²) in [5, 5.41) is 4.33. The minimum Gasteiger partial charge on any atom is -0.352 e. The van der Waals surface area contributed by atoms with Crippen molar-refractivity contribution in [1.82, 2.24) is 24.6 Å².